The molecule has 0 radical (unpaired) electrons. The molecule has 0 aromatic heterocycles. The lowest BCUT2D eigenvalue weighted by Gasteiger charge is -2.20. The van der Waals surface area contributed by atoms with Gasteiger partial charge in [-0.05, 0) is 42.0 Å². The molecular weight excluding hydrogens is 429 g/mol. The maximum absolute atomic E-state index is 13.2. The molecule has 3 aromatic carbocycles. The summed E-state index contributed by atoms with van der Waals surface area (Å²) in [6.45, 7) is -0.0266. The highest BCUT2D eigenvalue weighted by molar-refractivity contribution is 6.30. The first-order valence-corrected chi connectivity index (χ1v) is 9.72. The van der Waals surface area contributed by atoms with E-state index in [-0.39, 0.29) is 12.4 Å². The van der Waals surface area contributed by atoms with Gasteiger partial charge in [0.15, 0.2) is 6.61 Å². The number of amides is 1. The number of nitrogens with zero attached hydrogens (tertiary/aromatic N) is 2. The van der Waals surface area contributed by atoms with Gasteiger partial charge in [-0.1, -0.05) is 48.0 Å². The van der Waals surface area contributed by atoms with E-state index in [1.165, 1.54) is 6.07 Å². The maximum Gasteiger partial charge on any atom is 0.416 e. The van der Waals surface area contributed by atoms with Crippen LogP contribution in [0, 0.1) is 0 Å². The molecule has 1 heterocycles. The summed E-state index contributed by atoms with van der Waals surface area (Å²) in [5.74, 6) is 0.140. The second-order valence-electron chi connectivity index (χ2n) is 6.87. The largest absolute Gasteiger partial charge is 0.484 e. The van der Waals surface area contributed by atoms with Gasteiger partial charge in [0.05, 0.1) is 12.1 Å². The molecule has 0 N–H and O–H groups in total. The van der Waals surface area contributed by atoms with Crippen molar-refractivity contribution in [3.8, 4) is 5.75 Å². The van der Waals surface area contributed by atoms with Gasteiger partial charge in [0, 0.05) is 16.3 Å². The second-order valence-corrected chi connectivity index (χ2v) is 7.30. The Labute approximate surface area is 181 Å². The normalized spacial score (nSPS) is 14.6. The zero-order chi connectivity index (χ0) is 22.0. The van der Waals surface area contributed by atoms with Crippen LogP contribution < -0.4 is 9.64 Å². The number of rotatable bonds is 4. The predicted molar refractivity (Wildman–Crippen MR) is 113 cm³/mol. The van der Waals surface area contributed by atoms with Crippen molar-refractivity contribution in [2.45, 2.75) is 12.7 Å². The van der Waals surface area contributed by atoms with Crippen LogP contribution in [0.5, 0.6) is 5.75 Å². The van der Waals surface area contributed by atoms with Crippen molar-refractivity contribution in [1.29, 1.82) is 0 Å². The fourth-order valence-electron chi connectivity index (χ4n) is 3.30. The van der Waals surface area contributed by atoms with Crippen molar-refractivity contribution >= 4 is 29.0 Å². The molecule has 0 atom stereocenters. The highest BCUT2D eigenvalue weighted by Crippen LogP contribution is 2.34. The number of carbonyl (C=O) groups excluding carboxylic acids is 1. The lowest BCUT2D eigenvalue weighted by Crippen LogP contribution is -2.26. The van der Waals surface area contributed by atoms with E-state index in [0.717, 1.165) is 17.7 Å². The quantitative estimate of drug-likeness (QED) is 0.516. The first-order valence-electron chi connectivity index (χ1n) is 9.34. The van der Waals surface area contributed by atoms with E-state index in [9.17, 15) is 18.0 Å². The van der Waals surface area contributed by atoms with Crippen molar-refractivity contribution in [2.75, 3.05) is 11.5 Å². The van der Waals surface area contributed by atoms with Crippen LogP contribution in [0.3, 0.4) is 0 Å². The third kappa shape index (κ3) is 4.72. The highest BCUT2D eigenvalue weighted by Gasteiger charge is 2.33. The zero-order valence-corrected chi connectivity index (χ0v) is 16.8. The van der Waals surface area contributed by atoms with Crippen LogP contribution >= 0.6 is 11.6 Å². The highest BCUT2D eigenvalue weighted by atomic mass is 35.5. The van der Waals surface area contributed by atoms with Gasteiger partial charge < -0.3 is 9.64 Å². The number of anilines is 1. The van der Waals surface area contributed by atoms with Gasteiger partial charge in [-0.25, -0.2) is 0 Å². The molecular formula is C23H16ClF3N2O2. The number of benzene rings is 3. The van der Waals surface area contributed by atoms with Crippen molar-refractivity contribution in [1.82, 2.24) is 0 Å². The van der Waals surface area contributed by atoms with Crippen molar-refractivity contribution in [3.63, 3.8) is 0 Å². The number of alkyl halides is 3. The molecule has 0 fully saturated rings. The zero-order valence-electron chi connectivity index (χ0n) is 16.1. The average molecular weight is 445 g/mol. The Kier molecular flexibility index (Phi) is 5.69. The number of carbonyl (C=O) groups is 1. The van der Waals surface area contributed by atoms with Crippen LogP contribution in [0.1, 0.15) is 16.7 Å². The Hall–Kier alpha value is -3.32. The Morgan fingerprint density at radius 1 is 1.03 bits per heavy atom. The van der Waals surface area contributed by atoms with E-state index in [1.807, 2.05) is 12.1 Å². The molecule has 0 bridgehead atoms. The molecule has 3 aromatic rings. The molecule has 1 amide bonds. The molecule has 8 heteroatoms. The third-order valence-electron chi connectivity index (χ3n) is 4.72. The van der Waals surface area contributed by atoms with Gasteiger partial charge >= 0.3 is 6.18 Å². The van der Waals surface area contributed by atoms with Crippen LogP contribution in [0.2, 0.25) is 5.02 Å². The number of ether oxygens (including phenoxy) is 1. The Morgan fingerprint density at radius 3 is 2.58 bits per heavy atom. The average Bonchev–Trinajstić information content (AvgIpc) is 3.10. The number of hydrogen-bond donors (Lipinski definition) is 0. The summed E-state index contributed by atoms with van der Waals surface area (Å²) in [5.41, 5.74) is 1.09. The summed E-state index contributed by atoms with van der Waals surface area (Å²) >= 11 is 5.91. The minimum absolute atomic E-state index is 0.287. The SMILES string of the molecule is O=C(COc1cccc(Cl)c1)N=C1c2ccccc2CN1c1cccc(C(F)(F)F)c1. The van der Waals surface area contributed by atoms with Crippen molar-refractivity contribution in [3.05, 3.63) is 94.5 Å². The maximum atomic E-state index is 13.2. The van der Waals surface area contributed by atoms with Crippen LogP contribution in [0.4, 0.5) is 18.9 Å². The van der Waals surface area contributed by atoms with E-state index in [0.29, 0.717) is 28.6 Å². The minimum atomic E-state index is -4.47. The molecule has 0 saturated heterocycles. The van der Waals surface area contributed by atoms with Crippen LogP contribution in [0.25, 0.3) is 0 Å². The van der Waals surface area contributed by atoms with Crippen LogP contribution in [-0.2, 0) is 17.5 Å². The predicted octanol–water partition coefficient (Wildman–Crippen LogP) is 5.73. The van der Waals surface area contributed by atoms with Crippen LogP contribution in [0.15, 0.2) is 77.8 Å². The Balaban J connectivity index is 1.63. The third-order valence-corrected chi connectivity index (χ3v) is 4.95. The summed E-state index contributed by atoms with van der Waals surface area (Å²) in [6.07, 6.45) is -4.47. The molecule has 31 heavy (non-hydrogen) atoms. The van der Waals surface area contributed by atoms with Gasteiger partial charge in [0.25, 0.3) is 5.91 Å². The summed E-state index contributed by atoms with van der Waals surface area (Å²) < 4.78 is 45.0. The fraction of sp³-hybridized carbons (Fsp3) is 0.130. The molecule has 4 nitrogen and oxygen atoms in total. The Bertz CT molecular complexity index is 1160. The van der Waals surface area contributed by atoms with E-state index in [4.69, 9.17) is 16.3 Å². The fourth-order valence-corrected chi connectivity index (χ4v) is 3.48. The molecule has 158 valence electrons. The summed E-state index contributed by atoms with van der Waals surface area (Å²) in [4.78, 5) is 18.3. The summed E-state index contributed by atoms with van der Waals surface area (Å²) in [7, 11) is 0. The molecule has 0 spiro atoms. The molecule has 0 aliphatic carbocycles. The van der Waals surface area contributed by atoms with Crippen LogP contribution in [-0.4, -0.2) is 18.3 Å². The summed E-state index contributed by atoms with van der Waals surface area (Å²) in [6, 6.07) is 18.8. The van der Waals surface area contributed by atoms with Crippen molar-refractivity contribution < 1.29 is 22.7 Å². The standard InChI is InChI=1S/C23H16ClF3N2O2/c24-17-7-4-9-19(12-17)31-14-21(30)28-22-20-10-2-1-5-15(20)13-29(22)18-8-3-6-16(11-18)23(25,26)27/h1-12H,13-14H2. The van der Waals surface area contributed by atoms with E-state index < -0.39 is 17.6 Å². The first-order chi connectivity index (χ1) is 14.8. The van der Waals surface area contributed by atoms with Gasteiger partial charge in [-0.3, -0.25) is 4.79 Å². The van der Waals surface area contributed by atoms with E-state index >= 15 is 0 Å². The van der Waals surface area contributed by atoms with E-state index in [1.54, 1.807) is 47.4 Å². The number of amidine groups is 1. The monoisotopic (exact) mass is 444 g/mol. The lowest BCUT2D eigenvalue weighted by molar-refractivity contribution is -0.137. The minimum Gasteiger partial charge on any atom is -0.484 e. The van der Waals surface area contributed by atoms with E-state index in [2.05, 4.69) is 4.99 Å². The molecule has 0 unspecified atom stereocenters. The number of aliphatic imine (C=N–C) groups is 1. The summed E-state index contributed by atoms with van der Waals surface area (Å²) in [5, 5.41) is 0.469. The molecule has 0 saturated carbocycles. The van der Waals surface area contributed by atoms with Gasteiger partial charge in [-0.15, -0.1) is 0 Å². The van der Waals surface area contributed by atoms with Gasteiger partial charge in [0.1, 0.15) is 11.6 Å². The smallest absolute Gasteiger partial charge is 0.416 e. The lowest BCUT2D eigenvalue weighted by atomic mass is 10.1. The number of hydrogen-bond acceptors (Lipinski definition) is 2. The second kappa shape index (κ2) is 8.43. The van der Waals surface area contributed by atoms with Crippen molar-refractivity contribution in [2.24, 2.45) is 4.99 Å². The molecule has 1 aliphatic heterocycles. The first kappa shape index (κ1) is 20.9. The topological polar surface area (TPSA) is 41.9 Å². The Morgan fingerprint density at radius 2 is 1.81 bits per heavy atom. The van der Waals surface area contributed by atoms with Gasteiger partial charge in [0.2, 0.25) is 0 Å². The molecule has 1 aliphatic rings. The molecule has 4 rings (SSSR count). The number of halogens is 4. The number of fused-ring (bicyclic) bond motifs is 1. The van der Waals surface area contributed by atoms with Gasteiger partial charge in [-0.2, -0.15) is 18.2 Å².